The van der Waals surface area contributed by atoms with Crippen LogP contribution in [0.25, 0.3) is 0 Å². The Morgan fingerprint density at radius 3 is 2.85 bits per heavy atom. The van der Waals surface area contributed by atoms with Crippen LogP contribution in [-0.2, 0) is 14.3 Å². The van der Waals surface area contributed by atoms with E-state index in [2.05, 4.69) is 0 Å². The summed E-state index contributed by atoms with van der Waals surface area (Å²) in [6.45, 7) is 3.29. The summed E-state index contributed by atoms with van der Waals surface area (Å²) in [7, 11) is 1.88. The molecule has 0 amide bonds. The van der Waals surface area contributed by atoms with E-state index in [-0.39, 0.29) is 24.1 Å². The first kappa shape index (κ1) is 10.2. The Balaban J connectivity index is 2.37. The highest BCUT2D eigenvalue weighted by atomic mass is 16.5. The maximum absolute atomic E-state index is 11.3. The highest BCUT2D eigenvalue weighted by molar-refractivity contribution is 5.88. The van der Waals surface area contributed by atoms with Crippen molar-refractivity contribution in [3.05, 3.63) is 0 Å². The number of hydrogen-bond acceptors (Lipinski definition) is 4. The normalized spacial score (nSPS) is 23.5. The lowest BCUT2D eigenvalue weighted by Crippen LogP contribution is -2.18. The van der Waals surface area contributed by atoms with Gasteiger partial charge >= 0.3 is 5.97 Å². The van der Waals surface area contributed by atoms with Crippen molar-refractivity contribution in [2.24, 2.45) is 5.92 Å². The molecule has 1 heterocycles. The molecule has 0 aromatic heterocycles. The molecule has 0 aromatic carbocycles. The van der Waals surface area contributed by atoms with Gasteiger partial charge in [-0.05, 0) is 14.0 Å². The minimum atomic E-state index is -0.267. The number of ether oxygens (including phenoxy) is 1. The Hall–Kier alpha value is -0.900. The predicted molar refractivity (Wildman–Crippen MR) is 47.2 cm³/mol. The van der Waals surface area contributed by atoms with Crippen LogP contribution >= 0.6 is 0 Å². The quantitative estimate of drug-likeness (QED) is 0.584. The summed E-state index contributed by atoms with van der Waals surface area (Å²) in [5.74, 6) is -0.268. The van der Waals surface area contributed by atoms with E-state index in [0.29, 0.717) is 19.7 Å². The topological polar surface area (TPSA) is 46.6 Å². The van der Waals surface area contributed by atoms with E-state index in [0.717, 1.165) is 0 Å². The number of ketones is 1. The Morgan fingerprint density at radius 2 is 2.38 bits per heavy atom. The molecule has 0 N–H and O–H groups in total. The Morgan fingerprint density at radius 1 is 1.69 bits per heavy atom. The summed E-state index contributed by atoms with van der Waals surface area (Å²) in [5, 5.41) is 0. The van der Waals surface area contributed by atoms with Crippen molar-refractivity contribution in [1.82, 2.24) is 4.90 Å². The number of hydrogen-bond donors (Lipinski definition) is 0. The number of likely N-dealkylation sites (tertiary alicyclic amines) is 1. The van der Waals surface area contributed by atoms with Gasteiger partial charge < -0.3 is 4.74 Å². The number of carbonyl (C=O) groups is 2. The zero-order valence-electron chi connectivity index (χ0n) is 8.08. The molecule has 74 valence electrons. The molecule has 1 fully saturated rings. The minimum absolute atomic E-state index is 0.149. The summed E-state index contributed by atoms with van der Waals surface area (Å²) in [6.07, 6.45) is 0.233. The molecule has 0 radical (unpaired) electrons. The largest absolute Gasteiger partial charge is 0.466 e. The van der Waals surface area contributed by atoms with Crippen LogP contribution < -0.4 is 0 Å². The van der Waals surface area contributed by atoms with Crippen LogP contribution in [0, 0.1) is 5.92 Å². The first-order chi connectivity index (χ1) is 6.13. The maximum atomic E-state index is 11.3. The fraction of sp³-hybridized carbons (Fsp3) is 0.778. The lowest BCUT2D eigenvalue weighted by Gasteiger charge is -2.07. The molecule has 0 bridgehead atoms. The average Bonchev–Trinajstić information content (AvgIpc) is 2.30. The molecule has 1 aliphatic heterocycles. The van der Waals surface area contributed by atoms with Crippen LogP contribution in [0.3, 0.4) is 0 Å². The van der Waals surface area contributed by atoms with E-state index in [4.69, 9.17) is 4.74 Å². The monoisotopic (exact) mass is 185 g/mol. The van der Waals surface area contributed by atoms with Gasteiger partial charge in [-0.25, -0.2) is 0 Å². The van der Waals surface area contributed by atoms with Crippen LogP contribution in [0.1, 0.15) is 13.3 Å². The Labute approximate surface area is 77.8 Å². The highest BCUT2D eigenvalue weighted by Crippen LogP contribution is 2.14. The highest BCUT2D eigenvalue weighted by Gasteiger charge is 2.30. The second-order valence-corrected chi connectivity index (χ2v) is 3.37. The number of rotatable bonds is 3. The van der Waals surface area contributed by atoms with Crippen LogP contribution in [-0.4, -0.2) is 43.4 Å². The molecule has 1 atom stereocenters. The number of Topliss-reactive ketones (excluding diaryl/α,β-unsaturated/α-hetero) is 1. The number of esters is 1. The summed E-state index contributed by atoms with van der Waals surface area (Å²) in [4.78, 5) is 24.3. The molecule has 0 aromatic rings. The van der Waals surface area contributed by atoms with Gasteiger partial charge in [0, 0.05) is 12.5 Å². The molecule has 13 heavy (non-hydrogen) atoms. The summed E-state index contributed by atoms with van der Waals surface area (Å²) in [5.41, 5.74) is 0. The summed E-state index contributed by atoms with van der Waals surface area (Å²) >= 11 is 0. The molecule has 4 nitrogen and oxygen atoms in total. The van der Waals surface area contributed by atoms with Crippen LogP contribution in [0.4, 0.5) is 0 Å². The van der Waals surface area contributed by atoms with E-state index in [9.17, 15) is 9.59 Å². The molecule has 1 unspecified atom stereocenters. The second kappa shape index (κ2) is 4.37. The fourth-order valence-corrected chi connectivity index (χ4v) is 1.54. The first-order valence-corrected chi connectivity index (χ1v) is 4.50. The molecule has 1 aliphatic rings. The third-order valence-electron chi connectivity index (χ3n) is 2.13. The number of nitrogens with zero attached hydrogens (tertiary/aromatic N) is 1. The average molecular weight is 185 g/mol. The fourth-order valence-electron chi connectivity index (χ4n) is 1.54. The van der Waals surface area contributed by atoms with Crippen LogP contribution in [0.5, 0.6) is 0 Å². The van der Waals surface area contributed by atoms with Gasteiger partial charge in [-0.15, -0.1) is 0 Å². The molecule has 0 spiro atoms. The summed E-state index contributed by atoms with van der Waals surface area (Å²) < 4.78 is 4.78. The summed E-state index contributed by atoms with van der Waals surface area (Å²) in [6, 6.07) is 0. The SMILES string of the molecule is CCOC(=O)CC1CN(C)CC1=O. The van der Waals surface area contributed by atoms with E-state index >= 15 is 0 Å². The number of likely N-dealkylation sites (N-methyl/N-ethyl adjacent to an activating group) is 1. The molecule has 4 heteroatoms. The third-order valence-corrected chi connectivity index (χ3v) is 2.13. The lowest BCUT2D eigenvalue weighted by atomic mass is 10.0. The van der Waals surface area contributed by atoms with Gasteiger partial charge in [0.15, 0.2) is 5.78 Å². The molecule has 0 saturated carbocycles. The van der Waals surface area contributed by atoms with Crippen molar-refractivity contribution in [2.75, 3.05) is 26.7 Å². The van der Waals surface area contributed by atoms with Crippen molar-refractivity contribution in [3.8, 4) is 0 Å². The van der Waals surface area contributed by atoms with Crippen LogP contribution in [0.2, 0.25) is 0 Å². The molecule has 0 aliphatic carbocycles. The van der Waals surface area contributed by atoms with Crippen molar-refractivity contribution < 1.29 is 14.3 Å². The lowest BCUT2D eigenvalue weighted by molar-refractivity contribution is -0.145. The second-order valence-electron chi connectivity index (χ2n) is 3.37. The van der Waals surface area contributed by atoms with E-state index < -0.39 is 0 Å². The molecular weight excluding hydrogens is 170 g/mol. The molecule has 1 rings (SSSR count). The molecule has 1 saturated heterocycles. The predicted octanol–water partition coefficient (Wildman–Crippen LogP) is 0.0703. The van der Waals surface area contributed by atoms with E-state index in [1.807, 2.05) is 11.9 Å². The number of carbonyl (C=O) groups excluding carboxylic acids is 2. The van der Waals surface area contributed by atoms with E-state index in [1.165, 1.54) is 0 Å². The smallest absolute Gasteiger partial charge is 0.306 e. The zero-order valence-corrected chi connectivity index (χ0v) is 8.08. The van der Waals surface area contributed by atoms with Gasteiger partial charge in [-0.2, -0.15) is 0 Å². The van der Waals surface area contributed by atoms with Crippen molar-refractivity contribution >= 4 is 11.8 Å². The van der Waals surface area contributed by atoms with Gasteiger partial charge in [0.05, 0.1) is 19.6 Å². The van der Waals surface area contributed by atoms with Gasteiger partial charge in [0.25, 0.3) is 0 Å². The minimum Gasteiger partial charge on any atom is -0.466 e. The third kappa shape index (κ3) is 2.81. The zero-order chi connectivity index (χ0) is 9.84. The van der Waals surface area contributed by atoms with Crippen molar-refractivity contribution in [3.63, 3.8) is 0 Å². The van der Waals surface area contributed by atoms with Crippen molar-refractivity contribution in [2.45, 2.75) is 13.3 Å². The standard InChI is InChI=1S/C9H15NO3/c1-3-13-9(12)4-7-5-10(2)6-8(7)11/h7H,3-6H2,1-2H3. The Kier molecular flexibility index (Phi) is 3.42. The van der Waals surface area contributed by atoms with Crippen LogP contribution in [0.15, 0.2) is 0 Å². The van der Waals surface area contributed by atoms with E-state index in [1.54, 1.807) is 6.92 Å². The maximum Gasteiger partial charge on any atom is 0.306 e. The first-order valence-electron chi connectivity index (χ1n) is 4.50. The van der Waals surface area contributed by atoms with Crippen molar-refractivity contribution in [1.29, 1.82) is 0 Å². The van der Waals surface area contributed by atoms with Gasteiger partial charge in [0.1, 0.15) is 0 Å². The Bertz CT molecular complexity index is 215. The molecular formula is C9H15NO3. The van der Waals surface area contributed by atoms with Gasteiger partial charge in [0.2, 0.25) is 0 Å². The van der Waals surface area contributed by atoms with Gasteiger partial charge in [-0.1, -0.05) is 0 Å². The van der Waals surface area contributed by atoms with Gasteiger partial charge in [-0.3, -0.25) is 14.5 Å².